The van der Waals surface area contributed by atoms with E-state index in [1.807, 2.05) is 6.07 Å². The molecule has 28 heavy (non-hydrogen) atoms. The molecule has 0 radical (unpaired) electrons. The maximum Gasteiger partial charge on any atom is 0.251 e. The van der Waals surface area contributed by atoms with Crippen LogP contribution < -0.4 is 10.6 Å². The highest BCUT2D eigenvalue weighted by Crippen LogP contribution is 2.21. The molecule has 0 aliphatic carbocycles. The molecular formula is C21H20FN3O3. The highest BCUT2D eigenvalue weighted by molar-refractivity contribution is 5.94. The number of benzene rings is 2. The van der Waals surface area contributed by atoms with Crippen LogP contribution in [0.4, 0.5) is 4.39 Å². The SMILES string of the molecule is CNC(=O)c1cccc(CNC(=O)CCc2ncc(-c3ccc(F)cc3)o2)c1. The van der Waals surface area contributed by atoms with Crippen molar-refractivity contribution < 1.29 is 18.4 Å². The molecule has 0 unspecified atom stereocenters. The number of oxazole rings is 1. The second-order valence-electron chi connectivity index (χ2n) is 6.18. The Labute approximate surface area is 161 Å². The fourth-order valence-corrected chi connectivity index (χ4v) is 2.65. The highest BCUT2D eigenvalue weighted by atomic mass is 19.1. The maximum absolute atomic E-state index is 13.0. The van der Waals surface area contributed by atoms with E-state index < -0.39 is 0 Å². The molecule has 2 amide bonds. The first kappa shape index (κ1) is 19.3. The summed E-state index contributed by atoms with van der Waals surface area (Å²) in [6.45, 7) is 0.329. The predicted octanol–water partition coefficient (Wildman–Crippen LogP) is 3.09. The van der Waals surface area contributed by atoms with Crippen LogP contribution in [0.15, 0.2) is 59.1 Å². The van der Waals surface area contributed by atoms with E-state index in [0.717, 1.165) is 11.1 Å². The lowest BCUT2D eigenvalue weighted by Crippen LogP contribution is -2.23. The van der Waals surface area contributed by atoms with Gasteiger partial charge in [0.05, 0.1) is 6.20 Å². The van der Waals surface area contributed by atoms with Crippen LogP contribution in [0.5, 0.6) is 0 Å². The third-order valence-electron chi connectivity index (χ3n) is 4.15. The van der Waals surface area contributed by atoms with E-state index in [0.29, 0.717) is 30.2 Å². The van der Waals surface area contributed by atoms with Crippen LogP contribution in [0.3, 0.4) is 0 Å². The summed E-state index contributed by atoms with van der Waals surface area (Å²) < 4.78 is 18.6. The van der Waals surface area contributed by atoms with Gasteiger partial charge in [0.15, 0.2) is 11.7 Å². The summed E-state index contributed by atoms with van der Waals surface area (Å²) in [5.41, 5.74) is 2.10. The zero-order chi connectivity index (χ0) is 19.9. The van der Waals surface area contributed by atoms with Crippen LogP contribution in [0.2, 0.25) is 0 Å². The molecule has 2 N–H and O–H groups in total. The Bertz CT molecular complexity index is 967. The molecule has 0 bridgehead atoms. The Balaban J connectivity index is 1.50. The van der Waals surface area contributed by atoms with Crippen molar-refractivity contribution >= 4 is 11.8 Å². The van der Waals surface area contributed by atoms with Gasteiger partial charge in [-0.15, -0.1) is 0 Å². The van der Waals surface area contributed by atoms with E-state index in [2.05, 4.69) is 15.6 Å². The van der Waals surface area contributed by atoms with E-state index in [1.165, 1.54) is 12.1 Å². The van der Waals surface area contributed by atoms with Crippen LogP contribution in [0.1, 0.15) is 28.2 Å². The Kier molecular flexibility index (Phi) is 6.16. The van der Waals surface area contributed by atoms with Gasteiger partial charge in [0.1, 0.15) is 5.82 Å². The third kappa shape index (κ3) is 5.03. The number of nitrogens with zero attached hydrogens (tertiary/aromatic N) is 1. The van der Waals surface area contributed by atoms with E-state index >= 15 is 0 Å². The van der Waals surface area contributed by atoms with Crippen molar-refractivity contribution in [3.8, 4) is 11.3 Å². The van der Waals surface area contributed by atoms with Gasteiger partial charge in [0.25, 0.3) is 5.91 Å². The summed E-state index contributed by atoms with van der Waals surface area (Å²) >= 11 is 0. The number of rotatable bonds is 7. The van der Waals surface area contributed by atoms with E-state index in [9.17, 15) is 14.0 Å². The molecule has 0 aliphatic heterocycles. The molecule has 0 saturated heterocycles. The summed E-state index contributed by atoms with van der Waals surface area (Å²) in [7, 11) is 1.57. The van der Waals surface area contributed by atoms with E-state index in [4.69, 9.17) is 4.42 Å². The number of carbonyl (C=O) groups is 2. The Morgan fingerprint density at radius 1 is 1.14 bits per heavy atom. The molecular weight excluding hydrogens is 361 g/mol. The first-order chi connectivity index (χ1) is 13.5. The minimum atomic E-state index is -0.319. The molecule has 0 fully saturated rings. The smallest absolute Gasteiger partial charge is 0.251 e. The fraction of sp³-hybridized carbons (Fsp3) is 0.190. The Morgan fingerprint density at radius 3 is 2.68 bits per heavy atom. The number of hydrogen-bond acceptors (Lipinski definition) is 4. The van der Waals surface area contributed by atoms with Gasteiger partial charge in [-0.1, -0.05) is 12.1 Å². The van der Waals surface area contributed by atoms with Crippen molar-refractivity contribution in [1.29, 1.82) is 0 Å². The zero-order valence-electron chi connectivity index (χ0n) is 15.4. The average molecular weight is 381 g/mol. The normalized spacial score (nSPS) is 10.5. The minimum absolute atomic E-state index is 0.146. The molecule has 1 aromatic heterocycles. The number of aryl methyl sites for hydroxylation is 1. The van der Waals surface area contributed by atoms with Crippen molar-refractivity contribution in [3.63, 3.8) is 0 Å². The Morgan fingerprint density at radius 2 is 1.93 bits per heavy atom. The number of amides is 2. The van der Waals surface area contributed by atoms with Gasteiger partial charge in [-0.2, -0.15) is 0 Å². The highest BCUT2D eigenvalue weighted by Gasteiger charge is 2.10. The molecule has 2 aromatic carbocycles. The number of aromatic nitrogens is 1. The molecule has 3 aromatic rings. The van der Waals surface area contributed by atoms with Crippen LogP contribution in [0.25, 0.3) is 11.3 Å². The van der Waals surface area contributed by atoms with Gasteiger partial charge in [-0.3, -0.25) is 9.59 Å². The lowest BCUT2D eigenvalue weighted by atomic mass is 10.1. The number of nitrogens with one attached hydrogen (secondary N) is 2. The predicted molar refractivity (Wildman–Crippen MR) is 102 cm³/mol. The molecule has 6 nitrogen and oxygen atoms in total. The van der Waals surface area contributed by atoms with E-state index in [-0.39, 0.29) is 24.1 Å². The molecule has 1 heterocycles. The number of hydrogen-bond donors (Lipinski definition) is 2. The summed E-state index contributed by atoms with van der Waals surface area (Å²) in [6, 6.07) is 13.0. The van der Waals surface area contributed by atoms with Gasteiger partial charge >= 0.3 is 0 Å². The standard InChI is InChI=1S/C21H20FN3O3/c1-23-21(27)16-4-2-3-14(11-16)12-24-19(26)9-10-20-25-13-18(28-20)15-5-7-17(22)8-6-15/h2-8,11,13H,9-10,12H2,1H3,(H,23,27)(H,24,26). The molecule has 3 rings (SSSR count). The summed E-state index contributed by atoms with van der Waals surface area (Å²) in [4.78, 5) is 27.9. The van der Waals surface area contributed by atoms with Gasteiger partial charge < -0.3 is 15.1 Å². The average Bonchev–Trinajstić information content (AvgIpc) is 3.20. The van der Waals surface area contributed by atoms with Gasteiger partial charge in [-0.05, 0) is 42.0 Å². The lowest BCUT2D eigenvalue weighted by Gasteiger charge is -2.06. The summed E-state index contributed by atoms with van der Waals surface area (Å²) in [5.74, 6) is 0.333. The van der Waals surface area contributed by atoms with Crippen LogP contribution >= 0.6 is 0 Å². The van der Waals surface area contributed by atoms with Gasteiger partial charge in [0, 0.05) is 37.6 Å². The van der Waals surface area contributed by atoms with Crippen LogP contribution in [0, 0.1) is 5.82 Å². The zero-order valence-corrected chi connectivity index (χ0v) is 15.4. The lowest BCUT2D eigenvalue weighted by molar-refractivity contribution is -0.121. The number of halogens is 1. The van der Waals surface area contributed by atoms with Crippen molar-refractivity contribution in [2.24, 2.45) is 0 Å². The molecule has 0 spiro atoms. The van der Waals surface area contributed by atoms with Crippen molar-refractivity contribution in [2.75, 3.05) is 7.05 Å². The molecule has 0 atom stereocenters. The molecule has 144 valence electrons. The molecule has 0 aliphatic rings. The second kappa shape index (κ2) is 8.94. The second-order valence-corrected chi connectivity index (χ2v) is 6.18. The van der Waals surface area contributed by atoms with Gasteiger partial charge in [0.2, 0.25) is 5.91 Å². The summed E-state index contributed by atoms with van der Waals surface area (Å²) in [6.07, 6.45) is 2.13. The largest absolute Gasteiger partial charge is 0.441 e. The quantitative estimate of drug-likeness (QED) is 0.659. The minimum Gasteiger partial charge on any atom is -0.441 e. The van der Waals surface area contributed by atoms with Gasteiger partial charge in [-0.25, -0.2) is 9.37 Å². The molecule has 7 heteroatoms. The molecule has 0 saturated carbocycles. The Hall–Kier alpha value is -3.48. The van der Waals surface area contributed by atoms with E-state index in [1.54, 1.807) is 43.6 Å². The van der Waals surface area contributed by atoms with Crippen molar-refractivity contribution in [1.82, 2.24) is 15.6 Å². The van der Waals surface area contributed by atoms with Crippen LogP contribution in [-0.2, 0) is 17.8 Å². The first-order valence-corrected chi connectivity index (χ1v) is 8.83. The van der Waals surface area contributed by atoms with Crippen molar-refractivity contribution in [2.45, 2.75) is 19.4 Å². The van der Waals surface area contributed by atoms with Crippen LogP contribution in [-0.4, -0.2) is 23.8 Å². The van der Waals surface area contributed by atoms with Crippen molar-refractivity contribution in [3.05, 3.63) is 77.6 Å². The monoisotopic (exact) mass is 381 g/mol. The maximum atomic E-state index is 13.0. The third-order valence-corrected chi connectivity index (χ3v) is 4.15. The topological polar surface area (TPSA) is 84.2 Å². The fourth-order valence-electron chi connectivity index (χ4n) is 2.65. The summed E-state index contributed by atoms with van der Waals surface area (Å²) in [5, 5.41) is 5.38. The number of carbonyl (C=O) groups excluding carboxylic acids is 2. The first-order valence-electron chi connectivity index (χ1n) is 8.83.